The van der Waals surface area contributed by atoms with Crippen LogP contribution >= 0.6 is 0 Å². The predicted molar refractivity (Wildman–Crippen MR) is 206 cm³/mol. The van der Waals surface area contributed by atoms with Gasteiger partial charge in [-0.2, -0.15) is 0 Å². The van der Waals surface area contributed by atoms with Crippen LogP contribution in [0.4, 0.5) is 5.69 Å². The minimum atomic E-state index is -0.559. The minimum Gasteiger partial charge on any atom is -0.457 e. The molecule has 4 nitrogen and oxygen atoms in total. The van der Waals surface area contributed by atoms with Crippen molar-refractivity contribution in [3.8, 4) is 67.7 Å². The molecule has 10 rings (SSSR count). The van der Waals surface area contributed by atoms with Gasteiger partial charge in [-0.25, -0.2) is 9.97 Å². The standard InChI is InChI=1S/C47H31N3O/c48-34-27-25-33(26-28-34)46-49-41(32-23-21-31(22-24-32)30-11-2-1-3-12-30)29-42(50-46)36-14-10-18-40-45(36)35-13-4-5-15-37(35)47(40)38-16-6-8-19-43(38)51-44-20-9-7-17-39(44)47/h1-29H,48H2. The van der Waals surface area contributed by atoms with Gasteiger partial charge in [0.05, 0.1) is 16.8 Å². The number of ether oxygens (including phenoxy) is 1. The van der Waals surface area contributed by atoms with E-state index in [0.29, 0.717) is 11.5 Å². The SMILES string of the molecule is Nc1ccc(-c2nc(-c3ccc(-c4ccccc4)cc3)cc(-c3cccc4c3-c3ccccc3C43c4ccccc4Oc4ccccc43)n2)cc1. The van der Waals surface area contributed by atoms with Gasteiger partial charge in [0.15, 0.2) is 5.82 Å². The average molecular weight is 654 g/mol. The van der Waals surface area contributed by atoms with E-state index in [1.807, 2.05) is 42.5 Å². The van der Waals surface area contributed by atoms with E-state index < -0.39 is 5.41 Å². The summed E-state index contributed by atoms with van der Waals surface area (Å²) in [6.45, 7) is 0. The fourth-order valence-electron chi connectivity index (χ4n) is 8.07. The molecular formula is C47H31N3O. The summed E-state index contributed by atoms with van der Waals surface area (Å²) in [6, 6.07) is 61.3. The highest BCUT2D eigenvalue weighted by atomic mass is 16.5. The Balaban J connectivity index is 1.22. The lowest BCUT2D eigenvalue weighted by atomic mass is 9.66. The van der Waals surface area contributed by atoms with Gasteiger partial charge >= 0.3 is 0 Å². The van der Waals surface area contributed by atoms with E-state index in [1.165, 1.54) is 27.8 Å². The first kappa shape index (κ1) is 29.2. The number of benzene rings is 7. The number of nitrogens with zero attached hydrogens (tertiary/aromatic N) is 2. The lowest BCUT2D eigenvalue weighted by Crippen LogP contribution is -2.32. The molecule has 0 bridgehead atoms. The summed E-state index contributed by atoms with van der Waals surface area (Å²) in [7, 11) is 0. The second-order valence-electron chi connectivity index (χ2n) is 13.1. The van der Waals surface area contributed by atoms with Crippen molar-refractivity contribution < 1.29 is 4.74 Å². The maximum Gasteiger partial charge on any atom is 0.160 e. The zero-order valence-electron chi connectivity index (χ0n) is 27.6. The molecule has 240 valence electrons. The lowest BCUT2D eigenvalue weighted by Gasteiger charge is -2.39. The molecule has 7 aromatic carbocycles. The topological polar surface area (TPSA) is 61.0 Å². The van der Waals surface area contributed by atoms with E-state index >= 15 is 0 Å². The van der Waals surface area contributed by atoms with Crippen molar-refractivity contribution in [2.45, 2.75) is 5.41 Å². The van der Waals surface area contributed by atoms with Crippen LogP contribution in [-0.4, -0.2) is 9.97 Å². The monoisotopic (exact) mass is 653 g/mol. The van der Waals surface area contributed by atoms with Crippen LogP contribution in [0, 0.1) is 0 Å². The zero-order valence-corrected chi connectivity index (χ0v) is 27.6. The summed E-state index contributed by atoms with van der Waals surface area (Å²) in [4.78, 5) is 10.4. The predicted octanol–water partition coefficient (Wildman–Crippen LogP) is 11.2. The normalized spacial score (nSPS) is 13.1. The summed E-state index contributed by atoms with van der Waals surface area (Å²) in [5.41, 5.74) is 20.4. The molecule has 0 saturated carbocycles. The number of aromatic nitrogens is 2. The molecule has 1 aliphatic carbocycles. The third-order valence-electron chi connectivity index (χ3n) is 10.3. The quantitative estimate of drug-likeness (QED) is 0.192. The van der Waals surface area contributed by atoms with E-state index in [1.54, 1.807) is 0 Å². The Morgan fingerprint density at radius 2 is 0.941 bits per heavy atom. The maximum absolute atomic E-state index is 6.55. The highest BCUT2D eigenvalue weighted by molar-refractivity contribution is 5.96. The average Bonchev–Trinajstić information content (AvgIpc) is 3.49. The summed E-state index contributed by atoms with van der Waals surface area (Å²) >= 11 is 0. The number of nitrogen functional groups attached to an aromatic ring is 1. The van der Waals surface area contributed by atoms with Crippen molar-refractivity contribution in [1.82, 2.24) is 9.97 Å². The van der Waals surface area contributed by atoms with Gasteiger partial charge in [0, 0.05) is 33.5 Å². The number of hydrogen-bond donors (Lipinski definition) is 1. The van der Waals surface area contributed by atoms with Gasteiger partial charge in [-0.3, -0.25) is 0 Å². The van der Waals surface area contributed by atoms with Crippen molar-refractivity contribution in [2.75, 3.05) is 5.73 Å². The van der Waals surface area contributed by atoms with E-state index in [4.69, 9.17) is 20.4 Å². The van der Waals surface area contributed by atoms with Crippen molar-refractivity contribution >= 4 is 5.69 Å². The first-order valence-electron chi connectivity index (χ1n) is 17.2. The molecule has 2 aliphatic rings. The van der Waals surface area contributed by atoms with Gasteiger partial charge in [0.1, 0.15) is 11.5 Å². The van der Waals surface area contributed by atoms with E-state index in [2.05, 4.69) is 133 Å². The number of rotatable bonds is 4. The molecule has 0 saturated heterocycles. The van der Waals surface area contributed by atoms with Gasteiger partial charge in [0.25, 0.3) is 0 Å². The second-order valence-corrected chi connectivity index (χ2v) is 13.1. The largest absolute Gasteiger partial charge is 0.457 e. The van der Waals surface area contributed by atoms with Gasteiger partial charge in [-0.1, -0.05) is 133 Å². The molecule has 1 aliphatic heterocycles. The Morgan fingerprint density at radius 1 is 0.412 bits per heavy atom. The lowest BCUT2D eigenvalue weighted by molar-refractivity contribution is 0.436. The van der Waals surface area contributed by atoms with Crippen molar-refractivity contribution in [3.05, 3.63) is 198 Å². The molecule has 0 amide bonds. The maximum atomic E-state index is 6.55. The summed E-state index contributed by atoms with van der Waals surface area (Å²) in [5.74, 6) is 2.39. The van der Waals surface area contributed by atoms with Gasteiger partial charge in [0.2, 0.25) is 0 Å². The zero-order chi connectivity index (χ0) is 33.9. The van der Waals surface area contributed by atoms with Crippen LogP contribution in [0.2, 0.25) is 0 Å². The highest BCUT2D eigenvalue weighted by Crippen LogP contribution is 2.63. The molecule has 1 spiro atoms. The Bertz CT molecular complexity index is 2570. The molecule has 4 heteroatoms. The molecule has 1 aromatic heterocycles. The Hall–Kier alpha value is -6.78. The van der Waals surface area contributed by atoms with Gasteiger partial charge in [-0.15, -0.1) is 0 Å². The van der Waals surface area contributed by atoms with Crippen molar-refractivity contribution in [2.24, 2.45) is 0 Å². The first-order valence-corrected chi connectivity index (χ1v) is 17.2. The summed E-state index contributed by atoms with van der Waals surface area (Å²) in [6.07, 6.45) is 0. The van der Waals surface area contributed by atoms with Crippen LogP contribution in [-0.2, 0) is 5.41 Å². The van der Waals surface area contributed by atoms with Crippen LogP contribution in [0.25, 0.3) is 56.2 Å². The van der Waals surface area contributed by atoms with Gasteiger partial charge < -0.3 is 10.5 Å². The van der Waals surface area contributed by atoms with Crippen molar-refractivity contribution in [1.29, 1.82) is 0 Å². The first-order chi connectivity index (χ1) is 25.2. The molecule has 8 aromatic rings. The molecule has 0 fully saturated rings. The number of nitrogens with two attached hydrogens (primary N) is 1. The van der Waals surface area contributed by atoms with Crippen LogP contribution in [0.15, 0.2) is 176 Å². The molecule has 0 unspecified atom stereocenters. The summed E-state index contributed by atoms with van der Waals surface area (Å²) < 4.78 is 6.55. The molecule has 0 radical (unpaired) electrons. The van der Waals surface area contributed by atoms with Crippen LogP contribution < -0.4 is 10.5 Å². The third-order valence-corrected chi connectivity index (χ3v) is 10.3. The fraction of sp³-hybridized carbons (Fsp3) is 0.0213. The number of anilines is 1. The molecule has 0 atom stereocenters. The number of hydrogen-bond acceptors (Lipinski definition) is 4. The Labute approximate surface area is 296 Å². The Kier molecular flexibility index (Phi) is 6.52. The molecule has 51 heavy (non-hydrogen) atoms. The van der Waals surface area contributed by atoms with E-state index in [9.17, 15) is 0 Å². The van der Waals surface area contributed by atoms with Gasteiger partial charge in [-0.05, 0) is 75.8 Å². The molecule has 2 N–H and O–H groups in total. The van der Waals surface area contributed by atoms with E-state index in [-0.39, 0.29) is 0 Å². The van der Waals surface area contributed by atoms with Crippen LogP contribution in [0.3, 0.4) is 0 Å². The number of fused-ring (bicyclic) bond motifs is 9. The molecule has 2 heterocycles. The smallest absolute Gasteiger partial charge is 0.160 e. The summed E-state index contributed by atoms with van der Waals surface area (Å²) in [5, 5.41) is 0. The third kappa shape index (κ3) is 4.47. The highest BCUT2D eigenvalue weighted by Gasteiger charge is 2.51. The minimum absolute atomic E-state index is 0.559. The molecular weight excluding hydrogens is 623 g/mol. The second kappa shape index (κ2) is 11.4. The Morgan fingerprint density at radius 3 is 1.67 bits per heavy atom. The van der Waals surface area contributed by atoms with Crippen molar-refractivity contribution in [3.63, 3.8) is 0 Å². The van der Waals surface area contributed by atoms with Crippen LogP contribution in [0.5, 0.6) is 11.5 Å². The van der Waals surface area contributed by atoms with E-state index in [0.717, 1.165) is 56.3 Å². The number of para-hydroxylation sites is 2. The fourth-order valence-corrected chi connectivity index (χ4v) is 8.07. The van der Waals surface area contributed by atoms with Crippen LogP contribution in [0.1, 0.15) is 22.3 Å².